The van der Waals surface area contributed by atoms with Gasteiger partial charge in [-0.05, 0) is 12.1 Å². The number of imidazole rings is 2. The fraction of sp³-hybridized carbons (Fsp3) is 0.267. The van der Waals surface area contributed by atoms with Gasteiger partial charge in [-0.3, -0.25) is 5.41 Å². The Kier molecular flexibility index (Phi) is 2.85. The lowest BCUT2D eigenvalue weighted by molar-refractivity contribution is 0.380. The monoisotopic (exact) mass is 295 g/mol. The molecule has 0 bridgehead atoms. The van der Waals surface area contributed by atoms with Gasteiger partial charge in [-0.25, -0.2) is 9.97 Å². The van der Waals surface area contributed by atoms with Crippen molar-refractivity contribution in [3.63, 3.8) is 0 Å². The van der Waals surface area contributed by atoms with Crippen molar-refractivity contribution in [3.8, 4) is 0 Å². The number of fused-ring (bicyclic) bond motifs is 2. The SMILES string of the molecule is N=C(N)N1CCc2nc(Cc3nc4ccccc4[nH]3)[nH]c2C1. The number of guanidine groups is 1. The van der Waals surface area contributed by atoms with Crippen LogP contribution in [0.3, 0.4) is 0 Å². The van der Waals surface area contributed by atoms with E-state index in [-0.39, 0.29) is 5.96 Å². The minimum atomic E-state index is 0.110. The van der Waals surface area contributed by atoms with E-state index in [4.69, 9.17) is 11.1 Å². The van der Waals surface area contributed by atoms with Gasteiger partial charge in [0.15, 0.2) is 5.96 Å². The van der Waals surface area contributed by atoms with E-state index in [0.717, 1.165) is 47.0 Å². The van der Waals surface area contributed by atoms with Crippen molar-refractivity contribution in [2.45, 2.75) is 19.4 Å². The molecule has 0 saturated carbocycles. The van der Waals surface area contributed by atoms with E-state index in [0.29, 0.717) is 13.0 Å². The highest BCUT2D eigenvalue weighted by molar-refractivity contribution is 5.75. The van der Waals surface area contributed by atoms with Gasteiger partial charge in [-0.2, -0.15) is 0 Å². The lowest BCUT2D eigenvalue weighted by Gasteiger charge is -2.25. The molecule has 7 heteroatoms. The first-order valence-electron chi connectivity index (χ1n) is 7.28. The number of hydrogen-bond acceptors (Lipinski definition) is 3. The van der Waals surface area contributed by atoms with Crippen LogP contribution in [0.25, 0.3) is 11.0 Å². The number of benzene rings is 1. The van der Waals surface area contributed by atoms with Crippen molar-refractivity contribution < 1.29 is 0 Å². The van der Waals surface area contributed by atoms with E-state index in [1.165, 1.54) is 0 Å². The lowest BCUT2D eigenvalue weighted by Crippen LogP contribution is -2.40. The number of para-hydroxylation sites is 2. The van der Waals surface area contributed by atoms with Crippen LogP contribution >= 0.6 is 0 Å². The van der Waals surface area contributed by atoms with Crippen molar-refractivity contribution in [1.82, 2.24) is 24.8 Å². The third-order valence-electron chi connectivity index (χ3n) is 3.99. The third-order valence-corrected chi connectivity index (χ3v) is 3.99. The maximum absolute atomic E-state index is 7.53. The van der Waals surface area contributed by atoms with Crippen molar-refractivity contribution >= 4 is 17.0 Å². The number of nitrogens with two attached hydrogens (primary N) is 1. The van der Waals surface area contributed by atoms with Crippen LogP contribution < -0.4 is 5.73 Å². The summed E-state index contributed by atoms with van der Waals surface area (Å²) < 4.78 is 0. The zero-order valence-corrected chi connectivity index (χ0v) is 12.1. The lowest BCUT2D eigenvalue weighted by atomic mass is 10.1. The largest absolute Gasteiger partial charge is 0.370 e. The maximum atomic E-state index is 7.53. The van der Waals surface area contributed by atoms with Crippen LogP contribution in [0.2, 0.25) is 0 Å². The number of aromatic amines is 2. The highest BCUT2D eigenvalue weighted by atomic mass is 15.2. The summed E-state index contributed by atoms with van der Waals surface area (Å²) in [7, 11) is 0. The van der Waals surface area contributed by atoms with Gasteiger partial charge in [-0.1, -0.05) is 12.1 Å². The predicted molar refractivity (Wildman–Crippen MR) is 83.5 cm³/mol. The van der Waals surface area contributed by atoms with E-state index in [1.54, 1.807) is 0 Å². The fourth-order valence-electron chi connectivity index (χ4n) is 2.89. The number of rotatable bonds is 2. The van der Waals surface area contributed by atoms with E-state index >= 15 is 0 Å². The van der Waals surface area contributed by atoms with E-state index in [9.17, 15) is 0 Å². The zero-order chi connectivity index (χ0) is 15.1. The molecule has 1 aliphatic rings. The summed E-state index contributed by atoms with van der Waals surface area (Å²) in [5.41, 5.74) is 9.69. The normalized spacial score (nSPS) is 14.3. The second-order valence-corrected chi connectivity index (χ2v) is 5.54. The number of nitrogens with zero attached hydrogens (tertiary/aromatic N) is 3. The molecule has 2 aromatic heterocycles. The maximum Gasteiger partial charge on any atom is 0.188 e. The highest BCUT2D eigenvalue weighted by Crippen LogP contribution is 2.18. The summed E-state index contributed by atoms with van der Waals surface area (Å²) in [5.74, 6) is 1.91. The zero-order valence-electron chi connectivity index (χ0n) is 12.1. The second-order valence-electron chi connectivity index (χ2n) is 5.54. The highest BCUT2D eigenvalue weighted by Gasteiger charge is 2.21. The van der Waals surface area contributed by atoms with Crippen LogP contribution in [0.4, 0.5) is 0 Å². The van der Waals surface area contributed by atoms with Gasteiger partial charge in [0.25, 0.3) is 0 Å². The third kappa shape index (κ3) is 2.20. The number of H-pyrrole nitrogens is 2. The molecule has 0 fully saturated rings. The summed E-state index contributed by atoms with van der Waals surface area (Å²) in [6, 6.07) is 7.98. The van der Waals surface area contributed by atoms with Gasteiger partial charge in [0.2, 0.25) is 0 Å². The first-order valence-corrected chi connectivity index (χ1v) is 7.28. The Morgan fingerprint density at radius 1 is 1.23 bits per heavy atom. The van der Waals surface area contributed by atoms with E-state index in [2.05, 4.69) is 19.9 Å². The predicted octanol–water partition coefficient (Wildman–Crippen LogP) is 1.13. The van der Waals surface area contributed by atoms with Crippen LogP contribution in [0.1, 0.15) is 23.0 Å². The molecular weight excluding hydrogens is 278 g/mol. The van der Waals surface area contributed by atoms with Gasteiger partial charge in [-0.15, -0.1) is 0 Å². The number of aromatic nitrogens is 4. The molecule has 1 aromatic carbocycles. The molecule has 22 heavy (non-hydrogen) atoms. The summed E-state index contributed by atoms with van der Waals surface area (Å²) in [5, 5.41) is 7.53. The van der Waals surface area contributed by atoms with Crippen LogP contribution in [-0.2, 0) is 19.4 Å². The van der Waals surface area contributed by atoms with Crippen molar-refractivity contribution in [2.24, 2.45) is 5.73 Å². The molecule has 7 nitrogen and oxygen atoms in total. The van der Waals surface area contributed by atoms with Crippen molar-refractivity contribution in [3.05, 3.63) is 47.3 Å². The summed E-state index contributed by atoms with van der Waals surface area (Å²) in [4.78, 5) is 17.7. The van der Waals surface area contributed by atoms with Crippen molar-refractivity contribution in [1.29, 1.82) is 5.41 Å². The van der Waals surface area contributed by atoms with Crippen LogP contribution in [0.5, 0.6) is 0 Å². The summed E-state index contributed by atoms with van der Waals surface area (Å²) >= 11 is 0. The van der Waals surface area contributed by atoms with Gasteiger partial charge < -0.3 is 20.6 Å². The Labute approximate surface area is 127 Å². The Bertz CT molecular complexity index is 812. The second kappa shape index (κ2) is 4.87. The molecule has 0 unspecified atom stereocenters. The van der Waals surface area contributed by atoms with Crippen LogP contribution in [0, 0.1) is 5.41 Å². The molecule has 0 radical (unpaired) electrons. The smallest absolute Gasteiger partial charge is 0.188 e. The molecule has 3 heterocycles. The average molecular weight is 295 g/mol. The molecule has 0 aliphatic carbocycles. The summed E-state index contributed by atoms with van der Waals surface area (Å²) in [6.45, 7) is 1.37. The van der Waals surface area contributed by atoms with Gasteiger partial charge in [0.1, 0.15) is 11.6 Å². The molecule has 0 spiro atoms. The number of nitrogens with one attached hydrogen (secondary N) is 3. The quantitative estimate of drug-likeness (QED) is 0.419. The molecule has 1 aliphatic heterocycles. The molecular formula is C15H17N7. The topological polar surface area (TPSA) is 110 Å². The van der Waals surface area contributed by atoms with Crippen LogP contribution in [0.15, 0.2) is 24.3 Å². The molecule has 5 N–H and O–H groups in total. The average Bonchev–Trinajstić information content (AvgIpc) is 3.08. The van der Waals surface area contributed by atoms with Crippen LogP contribution in [-0.4, -0.2) is 37.3 Å². The standard InChI is InChI=1S/C15H17N7/c16-15(17)22-6-5-11-12(8-22)21-14(20-11)7-13-18-9-3-1-2-4-10(9)19-13/h1-4H,5-8H2,(H3,16,17)(H,18,19)(H,20,21). The minimum absolute atomic E-state index is 0.110. The van der Waals surface area contributed by atoms with Gasteiger partial charge in [0, 0.05) is 13.0 Å². The molecule has 0 saturated heterocycles. The van der Waals surface area contributed by atoms with Crippen molar-refractivity contribution in [2.75, 3.05) is 6.54 Å². The first-order chi connectivity index (χ1) is 10.7. The molecule has 112 valence electrons. The van der Waals surface area contributed by atoms with E-state index < -0.39 is 0 Å². The minimum Gasteiger partial charge on any atom is -0.370 e. The Balaban J connectivity index is 1.58. The molecule has 0 atom stereocenters. The fourth-order valence-corrected chi connectivity index (χ4v) is 2.89. The Morgan fingerprint density at radius 3 is 2.86 bits per heavy atom. The van der Waals surface area contributed by atoms with E-state index in [1.807, 2.05) is 29.2 Å². The summed E-state index contributed by atoms with van der Waals surface area (Å²) in [6.07, 6.45) is 1.45. The number of hydrogen-bond donors (Lipinski definition) is 4. The van der Waals surface area contributed by atoms with Gasteiger partial charge in [0.05, 0.1) is 35.4 Å². The molecule has 0 amide bonds. The Hall–Kier alpha value is -2.83. The van der Waals surface area contributed by atoms with Gasteiger partial charge >= 0.3 is 0 Å². The Morgan fingerprint density at radius 2 is 2.05 bits per heavy atom. The molecule has 4 rings (SSSR count). The molecule has 3 aromatic rings. The first kappa shape index (κ1) is 12.9.